The van der Waals surface area contributed by atoms with Crippen molar-refractivity contribution in [1.82, 2.24) is 0 Å². The fourth-order valence-electron chi connectivity index (χ4n) is 2.75. The minimum Gasteiger partial charge on any atom is -0.497 e. The van der Waals surface area contributed by atoms with Crippen LogP contribution in [0.1, 0.15) is 25.0 Å². The number of hydrogen-bond acceptors (Lipinski definition) is 3. The van der Waals surface area contributed by atoms with Crippen molar-refractivity contribution >= 4 is 11.6 Å². The molecule has 2 aromatic carbocycles. The molecular weight excluding hydrogens is 328 g/mol. The summed E-state index contributed by atoms with van der Waals surface area (Å²) in [5.41, 5.74) is 3.12. The highest BCUT2D eigenvalue weighted by Gasteiger charge is 2.23. The van der Waals surface area contributed by atoms with E-state index >= 15 is 0 Å². The first-order valence-corrected chi connectivity index (χ1v) is 8.91. The monoisotopic (exact) mass is 357 g/mol. The summed E-state index contributed by atoms with van der Waals surface area (Å²) in [6.45, 7) is 4.72. The zero-order valence-corrected chi connectivity index (χ0v) is 16.3. The summed E-state index contributed by atoms with van der Waals surface area (Å²) >= 11 is 0. The van der Waals surface area contributed by atoms with Crippen LogP contribution in [0.15, 0.2) is 42.5 Å². The number of quaternary nitrogens is 1. The highest BCUT2D eigenvalue weighted by atomic mass is 16.5. The average Bonchev–Trinajstić information content (AvgIpc) is 2.68. The smallest absolute Gasteiger partial charge is 0.282 e. The predicted octanol–water partition coefficient (Wildman–Crippen LogP) is 2.31. The number of carbonyl (C=O) groups is 1. The number of anilines is 1. The maximum Gasteiger partial charge on any atom is 0.282 e. The standard InChI is InChI=1S/C21H28N2O3/c1-6-16-7-10-18(11-8-16)22-21(24)15(2)23(3)14-17-9-12-19(25-4)13-20(17)26-5/h7-13,15H,6,14H2,1-5H3,(H,22,24)/p+1/t15-/m0/s1. The molecule has 0 aliphatic heterocycles. The van der Waals surface area contributed by atoms with Crippen molar-refractivity contribution in [2.24, 2.45) is 0 Å². The second-order valence-corrected chi connectivity index (χ2v) is 6.46. The topological polar surface area (TPSA) is 52.0 Å². The minimum atomic E-state index is -0.201. The SMILES string of the molecule is CCc1ccc(NC(=O)[C@H](C)[NH+](C)Cc2ccc(OC)cc2OC)cc1. The molecule has 0 saturated heterocycles. The van der Waals surface area contributed by atoms with Gasteiger partial charge in [-0.25, -0.2) is 0 Å². The summed E-state index contributed by atoms with van der Waals surface area (Å²) in [5.74, 6) is 1.52. The first-order chi connectivity index (χ1) is 12.5. The molecule has 1 unspecified atom stereocenters. The molecule has 0 aliphatic carbocycles. The van der Waals surface area contributed by atoms with Crippen molar-refractivity contribution in [2.45, 2.75) is 32.9 Å². The van der Waals surface area contributed by atoms with E-state index in [4.69, 9.17) is 9.47 Å². The molecule has 140 valence electrons. The van der Waals surface area contributed by atoms with Crippen molar-refractivity contribution in [3.63, 3.8) is 0 Å². The van der Waals surface area contributed by atoms with Crippen molar-refractivity contribution in [1.29, 1.82) is 0 Å². The van der Waals surface area contributed by atoms with E-state index in [0.717, 1.165) is 34.1 Å². The molecular formula is C21H29N2O3+. The molecule has 26 heavy (non-hydrogen) atoms. The molecule has 5 nitrogen and oxygen atoms in total. The van der Waals surface area contributed by atoms with Gasteiger partial charge in [0, 0.05) is 17.3 Å². The third-order valence-electron chi connectivity index (χ3n) is 4.73. The van der Waals surface area contributed by atoms with E-state index in [2.05, 4.69) is 12.2 Å². The lowest BCUT2D eigenvalue weighted by Gasteiger charge is -2.22. The van der Waals surface area contributed by atoms with Gasteiger partial charge in [0.2, 0.25) is 0 Å². The van der Waals surface area contributed by atoms with Gasteiger partial charge in [0.15, 0.2) is 6.04 Å². The second kappa shape index (κ2) is 9.25. The van der Waals surface area contributed by atoms with Crippen LogP contribution in [0.5, 0.6) is 11.5 Å². The van der Waals surface area contributed by atoms with E-state index in [0.29, 0.717) is 6.54 Å². The summed E-state index contributed by atoms with van der Waals surface area (Å²) in [4.78, 5) is 13.7. The van der Waals surface area contributed by atoms with Crippen LogP contribution >= 0.6 is 0 Å². The van der Waals surface area contributed by atoms with Crippen LogP contribution in [0.2, 0.25) is 0 Å². The maximum atomic E-state index is 12.6. The third-order valence-corrected chi connectivity index (χ3v) is 4.73. The Balaban J connectivity index is 2.01. The molecule has 0 heterocycles. The van der Waals surface area contributed by atoms with Crippen molar-refractivity contribution < 1.29 is 19.2 Å². The number of hydrogen-bond donors (Lipinski definition) is 2. The quantitative estimate of drug-likeness (QED) is 0.762. The fourth-order valence-corrected chi connectivity index (χ4v) is 2.75. The fraction of sp³-hybridized carbons (Fsp3) is 0.381. The molecule has 2 N–H and O–H groups in total. The second-order valence-electron chi connectivity index (χ2n) is 6.46. The molecule has 2 rings (SSSR count). The number of likely N-dealkylation sites (N-methyl/N-ethyl adjacent to an activating group) is 1. The third kappa shape index (κ3) is 4.99. The molecule has 0 aromatic heterocycles. The van der Waals surface area contributed by atoms with Gasteiger partial charge in [-0.15, -0.1) is 0 Å². The Morgan fingerprint density at radius 2 is 1.81 bits per heavy atom. The van der Waals surface area contributed by atoms with E-state index in [-0.39, 0.29) is 11.9 Å². The Labute approximate surface area is 155 Å². The predicted molar refractivity (Wildman–Crippen MR) is 104 cm³/mol. The van der Waals surface area contributed by atoms with E-state index in [1.165, 1.54) is 5.56 Å². The molecule has 0 spiro atoms. The number of carbonyl (C=O) groups excluding carboxylic acids is 1. The number of ether oxygens (including phenoxy) is 2. The maximum absolute atomic E-state index is 12.6. The number of benzene rings is 2. The summed E-state index contributed by atoms with van der Waals surface area (Å²) in [7, 11) is 5.28. The summed E-state index contributed by atoms with van der Waals surface area (Å²) in [6.07, 6.45) is 0.987. The van der Waals surface area contributed by atoms with Gasteiger partial charge < -0.3 is 19.7 Å². The first kappa shape index (κ1) is 19.8. The summed E-state index contributed by atoms with van der Waals surface area (Å²) < 4.78 is 10.7. The molecule has 2 aromatic rings. The first-order valence-electron chi connectivity index (χ1n) is 8.91. The van der Waals surface area contributed by atoms with Crippen molar-refractivity contribution in [3.8, 4) is 11.5 Å². The summed E-state index contributed by atoms with van der Waals surface area (Å²) in [5, 5.41) is 3.00. The number of rotatable bonds is 8. The zero-order chi connectivity index (χ0) is 19.1. The van der Waals surface area contributed by atoms with Crippen LogP contribution in [0.25, 0.3) is 0 Å². The van der Waals surface area contributed by atoms with E-state index in [9.17, 15) is 4.79 Å². The van der Waals surface area contributed by atoms with Crippen LogP contribution in [-0.2, 0) is 17.8 Å². The Morgan fingerprint density at radius 1 is 1.12 bits per heavy atom. The van der Waals surface area contributed by atoms with Crippen molar-refractivity contribution in [3.05, 3.63) is 53.6 Å². The highest BCUT2D eigenvalue weighted by Crippen LogP contribution is 2.23. The molecule has 5 heteroatoms. The Morgan fingerprint density at radius 3 is 2.38 bits per heavy atom. The molecule has 0 aliphatic rings. The summed E-state index contributed by atoms with van der Waals surface area (Å²) in [6, 6.07) is 13.5. The number of aryl methyl sites for hydroxylation is 1. The molecule has 0 saturated carbocycles. The van der Waals surface area contributed by atoms with Gasteiger partial charge in [0.1, 0.15) is 18.0 Å². The highest BCUT2D eigenvalue weighted by molar-refractivity contribution is 5.93. The van der Waals surface area contributed by atoms with Gasteiger partial charge in [-0.2, -0.15) is 0 Å². The molecule has 1 amide bonds. The Kier molecular flexibility index (Phi) is 7.04. The van der Waals surface area contributed by atoms with Gasteiger partial charge in [0.05, 0.1) is 21.3 Å². The molecule has 0 radical (unpaired) electrons. The lowest BCUT2D eigenvalue weighted by Crippen LogP contribution is -3.12. The van der Waals surface area contributed by atoms with Crippen LogP contribution in [-0.4, -0.2) is 33.2 Å². The number of amides is 1. The van der Waals surface area contributed by atoms with Gasteiger partial charge in [-0.1, -0.05) is 19.1 Å². The van der Waals surface area contributed by atoms with Crippen LogP contribution < -0.4 is 19.7 Å². The van der Waals surface area contributed by atoms with Gasteiger partial charge in [0.25, 0.3) is 5.91 Å². The molecule has 2 atom stereocenters. The van der Waals surface area contributed by atoms with Crippen LogP contribution in [0.4, 0.5) is 5.69 Å². The number of methoxy groups -OCH3 is 2. The normalized spacial score (nSPS) is 13.0. The molecule has 0 fully saturated rings. The molecule has 0 bridgehead atoms. The van der Waals surface area contributed by atoms with Gasteiger partial charge in [-0.3, -0.25) is 4.79 Å². The largest absolute Gasteiger partial charge is 0.497 e. The minimum absolute atomic E-state index is 0.000716. The van der Waals surface area contributed by atoms with Crippen LogP contribution in [0.3, 0.4) is 0 Å². The average molecular weight is 357 g/mol. The van der Waals surface area contributed by atoms with Crippen molar-refractivity contribution in [2.75, 3.05) is 26.6 Å². The van der Waals surface area contributed by atoms with E-state index in [1.54, 1.807) is 14.2 Å². The Bertz CT molecular complexity index is 729. The lowest BCUT2D eigenvalue weighted by atomic mass is 10.1. The van der Waals surface area contributed by atoms with Crippen LogP contribution in [0, 0.1) is 0 Å². The van der Waals surface area contributed by atoms with Gasteiger partial charge >= 0.3 is 0 Å². The number of nitrogens with one attached hydrogen (secondary N) is 2. The zero-order valence-electron chi connectivity index (χ0n) is 16.3. The van der Waals surface area contributed by atoms with E-state index in [1.807, 2.05) is 56.4 Å². The lowest BCUT2D eigenvalue weighted by molar-refractivity contribution is -0.907. The van der Waals surface area contributed by atoms with E-state index < -0.39 is 0 Å². The Hall–Kier alpha value is -2.53. The van der Waals surface area contributed by atoms with Gasteiger partial charge in [-0.05, 0) is 43.2 Å².